The molecule has 120 valence electrons. The molecule has 0 atom stereocenters. The largest absolute Gasteiger partial charge is 0.493 e. The standard InChI is InChI=1S/C17H20N4O2/c1-22-16-11-14(12-20-21-17(18)19)7-8-15(16)23-10-9-13-5-3-2-4-6-13/h2-8,11-12H,9-10H2,1H3,(H4,18,19,21)/b20-12+. The van der Waals surface area contributed by atoms with Crippen LogP contribution in [0.1, 0.15) is 11.1 Å². The molecule has 6 heteroatoms. The molecule has 0 radical (unpaired) electrons. The second-order valence-corrected chi connectivity index (χ2v) is 4.76. The van der Waals surface area contributed by atoms with Gasteiger partial charge in [0, 0.05) is 6.42 Å². The lowest BCUT2D eigenvalue weighted by atomic mass is 10.2. The summed E-state index contributed by atoms with van der Waals surface area (Å²) >= 11 is 0. The number of methoxy groups -OCH3 is 1. The molecule has 0 spiro atoms. The number of nitrogens with two attached hydrogens (primary N) is 2. The molecule has 0 aliphatic rings. The van der Waals surface area contributed by atoms with E-state index in [0.29, 0.717) is 18.1 Å². The minimum absolute atomic E-state index is 0.0888. The number of ether oxygens (including phenoxy) is 2. The van der Waals surface area contributed by atoms with Crippen LogP contribution in [0.4, 0.5) is 0 Å². The summed E-state index contributed by atoms with van der Waals surface area (Å²) in [6, 6.07) is 15.7. The van der Waals surface area contributed by atoms with Gasteiger partial charge in [-0.15, -0.1) is 5.10 Å². The lowest BCUT2D eigenvalue weighted by Crippen LogP contribution is -2.21. The summed E-state index contributed by atoms with van der Waals surface area (Å²) in [5, 5.41) is 7.32. The summed E-state index contributed by atoms with van der Waals surface area (Å²) in [6.07, 6.45) is 2.37. The van der Waals surface area contributed by atoms with Gasteiger partial charge in [-0.2, -0.15) is 5.10 Å². The van der Waals surface area contributed by atoms with Gasteiger partial charge >= 0.3 is 0 Å². The van der Waals surface area contributed by atoms with Crippen molar-refractivity contribution >= 4 is 12.2 Å². The van der Waals surface area contributed by atoms with Gasteiger partial charge in [0.1, 0.15) is 0 Å². The van der Waals surface area contributed by atoms with E-state index in [1.165, 1.54) is 11.8 Å². The second kappa shape index (κ2) is 8.43. The molecule has 0 unspecified atom stereocenters. The molecule has 2 rings (SSSR count). The Morgan fingerprint density at radius 3 is 2.57 bits per heavy atom. The Labute approximate surface area is 135 Å². The molecule has 0 aliphatic heterocycles. The van der Waals surface area contributed by atoms with Crippen LogP contribution in [0.3, 0.4) is 0 Å². The predicted octanol–water partition coefficient (Wildman–Crippen LogP) is 1.92. The third-order valence-electron chi connectivity index (χ3n) is 3.06. The fraction of sp³-hybridized carbons (Fsp3) is 0.176. The van der Waals surface area contributed by atoms with Crippen LogP contribution in [0, 0.1) is 0 Å². The van der Waals surface area contributed by atoms with Crippen LogP contribution in [0.5, 0.6) is 11.5 Å². The van der Waals surface area contributed by atoms with Crippen molar-refractivity contribution in [1.82, 2.24) is 0 Å². The van der Waals surface area contributed by atoms with Crippen molar-refractivity contribution < 1.29 is 9.47 Å². The van der Waals surface area contributed by atoms with Crippen molar-refractivity contribution in [3.63, 3.8) is 0 Å². The van der Waals surface area contributed by atoms with Gasteiger partial charge in [-0.05, 0) is 29.3 Å². The fourth-order valence-corrected chi connectivity index (χ4v) is 1.97. The zero-order chi connectivity index (χ0) is 16.5. The molecule has 23 heavy (non-hydrogen) atoms. The van der Waals surface area contributed by atoms with Crippen LogP contribution < -0.4 is 20.9 Å². The monoisotopic (exact) mass is 312 g/mol. The molecule has 6 nitrogen and oxygen atoms in total. The minimum atomic E-state index is -0.0888. The van der Waals surface area contributed by atoms with E-state index < -0.39 is 0 Å². The first-order valence-electron chi connectivity index (χ1n) is 7.16. The number of nitrogens with zero attached hydrogens (tertiary/aromatic N) is 2. The summed E-state index contributed by atoms with van der Waals surface area (Å²) < 4.78 is 11.1. The predicted molar refractivity (Wildman–Crippen MR) is 92.0 cm³/mol. The van der Waals surface area contributed by atoms with Crippen LogP contribution in [0.25, 0.3) is 0 Å². The van der Waals surface area contributed by atoms with Crippen molar-refractivity contribution in [2.45, 2.75) is 6.42 Å². The number of hydrogen-bond donors (Lipinski definition) is 2. The average Bonchev–Trinajstić information content (AvgIpc) is 2.56. The molecule has 2 aromatic carbocycles. The number of benzene rings is 2. The molecule has 0 aromatic heterocycles. The van der Waals surface area contributed by atoms with Gasteiger partial charge in [-0.3, -0.25) is 0 Å². The maximum Gasteiger partial charge on any atom is 0.211 e. The number of rotatable bonds is 7. The lowest BCUT2D eigenvalue weighted by molar-refractivity contribution is 0.297. The van der Waals surface area contributed by atoms with Crippen molar-refractivity contribution in [2.24, 2.45) is 21.7 Å². The molecule has 0 fully saturated rings. The van der Waals surface area contributed by atoms with Gasteiger partial charge in [0.05, 0.1) is 19.9 Å². The van der Waals surface area contributed by atoms with E-state index in [4.69, 9.17) is 20.9 Å². The summed E-state index contributed by atoms with van der Waals surface area (Å²) in [5.74, 6) is 1.23. The Morgan fingerprint density at radius 1 is 1.09 bits per heavy atom. The highest BCUT2D eigenvalue weighted by Crippen LogP contribution is 2.27. The molecule has 2 aromatic rings. The van der Waals surface area contributed by atoms with Crippen LogP contribution in [0.2, 0.25) is 0 Å². The highest BCUT2D eigenvalue weighted by Gasteiger charge is 2.05. The van der Waals surface area contributed by atoms with Crippen molar-refractivity contribution in [2.75, 3.05) is 13.7 Å². The van der Waals surface area contributed by atoms with E-state index in [9.17, 15) is 0 Å². The summed E-state index contributed by atoms with van der Waals surface area (Å²) in [7, 11) is 1.59. The van der Waals surface area contributed by atoms with Crippen molar-refractivity contribution in [3.8, 4) is 11.5 Å². The van der Waals surface area contributed by atoms with E-state index >= 15 is 0 Å². The third-order valence-corrected chi connectivity index (χ3v) is 3.06. The van der Waals surface area contributed by atoms with Gasteiger partial charge in [0.15, 0.2) is 11.5 Å². The van der Waals surface area contributed by atoms with E-state index in [1.807, 2.05) is 36.4 Å². The quantitative estimate of drug-likeness (QED) is 0.464. The van der Waals surface area contributed by atoms with Crippen LogP contribution in [-0.2, 0) is 6.42 Å². The molecule has 0 heterocycles. The zero-order valence-corrected chi connectivity index (χ0v) is 13.0. The highest BCUT2D eigenvalue weighted by molar-refractivity contribution is 5.82. The Bertz CT molecular complexity index is 680. The summed E-state index contributed by atoms with van der Waals surface area (Å²) in [5.41, 5.74) is 12.5. The molecular weight excluding hydrogens is 292 g/mol. The van der Waals surface area contributed by atoms with E-state index in [-0.39, 0.29) is 5.96 Å². The molecule has 0 saturated heterocycles. The van der Waals surface area contributed by atoms with Gasteiger partial charge in [-0.1, -0.05) is 30.3 Å². The van der Waals surface area contributed by atoms with E-state index in [1.54, 1.807) is 7.11 Å². The zero-order valence-electron chi connectivity index (χ0n) is 13.0. The van der Waals surface area contributed by atoms with E-state index in [2.05, 4.69) is 22.3 Å². The summed E-state index contributed by atoms with van der Waals surface area (Å²) in [4.78, 5) is 0. The Balaban J connectivity index is 1.99. The molecule has 0 bridgehead atoms. The Kier molecular flexibility index (Phi) is 5.99. The Hall–Kier alpha value is -3.02. The van der Waals surface area contributed by atoms with Gasteiger partial charge in [0.2, 0.25) is 5.96 Å². The first-order chi connectivity index (χ1) is 11.2. The third kappa shape index (κ3) is 5.35. The SMILES string of the molecule is COc1cc(/C=N/N=C(N)N)ccc1OCCc1ccccc1. The second-order valence-electron chi connectivity index (χ2n) is 4.76. The van der Waals surface area contributed by atoms with Crippen molar-refractivity contribution in [1.29, 1.82) is 0 Å². The van der Waals surface area contributed by atoms with Gasteiger partial charge in [-0.25, -0.2) is 0 Å². The highest BCUT2D eigenvalue weighted by atomic mass is 16.5. The van der Waals surface area contributed by atoms with Gasteiger partial charge in [0.25, 0.3) is 0 Å². The maximum absolute atomic E-state index is 5.79. The fourth-order valence-electron chi connectivity index (χ4n) is 1.97. The van der Waals surface area contributed by atoms with Gasteiger partial charge < -0.3 is 20.9 Å². The molecule has 0 saturated carbocycles. The Morgan fingerprint density at radius 2 is 1.87 bits per heavy atom. The number of guanidine groups is 1. The van der Waals surface area contributed by atoms with Crippen LogP contribution >= 0.6 is 0 Å². The normalized spacial score (nSPS) is 10.5. The first-order valence-corrected chi connectivity index (χ1v) is 7.16. The first kappa shape index (κ1) is 16.4. The molecular formula is C17H20N4O2. The lowest BCUT2D eigenvalue weighted by Gasteiger charge is -2.11. The average molecular weight is 312 g/mol. The maximum atomic E-state index is 5.79. The van der Waals surface area contributed by atoms with Crippen molar-refractivity contribution in [3.05, 3.63) is 59.7 Å². The topological polar surface area (TPSA) is 95.2 Å². The van der Waals surface area contributed by atoms with Crippen LogP contribution in [-0.4, -0.2) is 25.9 Å². The molecule has 0 aliphatic carbocycles. The summed E-state index contributed by atoms with van der Waals surface area (Å²) in [6.45, 7) is 0.571. The van der Waals surface area contributed by atoms with E-state index in [0.717, 1.165) is 12.0 Å². The minimum Gasteiger partial charge on any atom is -0.493 e. The molecule has 0 amide bonds. The molecule has 4 N–H and O–H groups in total. The van der Waals surface area contributed by atoms with Crippen LogP contribution in [0.15, 0.2) is 58.7 Å². The smallest absolute Gasteiger partial charge is 0.211 e. The number of hydrogen-bond acceptors (Lipinski definition) is 4.